The first-order valence-electron chi connectivity index (χ1n) is 8.55. The highest BCUT2D eigenvalue weighted by molar-refractivity contribution is 7.90. The van der Waals surface area contributed by atoms with Gasteiger partial charge in [0.2, 0.25) is 0 Å². The maximum absolute atomic E-state index is 13.6. The molecular formula is C19H19FN2O4S2. The number of halogens is 1. The van der Waals surface area contributed by atoms with Crippen LogP contribution >= 0.6 is 11.3 Å². The van der Waals surface area contributed by atoms with Crippen molar-refractivity contribution in [3.05, 3.63) is 58.6 Å². The first-order chi connectivity index (χ1) is 13.3. The minimum absolute atomic E-state index is 0.0520. The van der Waals surface area contributed by atoms with Crippen molar-refractivity contribution in [3.8, 4) is 0 Å². The number of hydrogen-bond acceptors (Lipinski definition) is 5. The van der Waals surface area contributed by atoms with E-state index in [1.165, 1.54) is 47.7 Å². The summed E-state index contributed by atoms with van der Waals surface area (Å²) in [6.07, 6.45) is 1.08. The number of thiazole rings is 1. The summed E-state index contributed by atoms with van der Waals surface area (Å²) in [5.74, 6) is -0.938. The van der Waals surface area contributed by atoms with Crippen molar-refractivity contribution >= 4 is 37.3 Å². The molecule has 0 bridgehead atoms. The molecule has 0 aliphatic rings. The number of nitrogens with zero attached hydrogens (tertiary/aromatic N) is 2. The maximum atomic E-state index is 13.6. The van der Waals surface area contributed by atoms with Gasteiger partial charge in [-0.3, -0.25) is 4.79 Å². The molecule has 0 unspecified atom stereocenters. The Kier molecular flexibility index (Phi) is 6.07. The minimum atomic E-state index is -3.43. The summed E-state index contributed by atoms with van der Waals surface area (Å²) in [7, 11) is -3.43. The SMILES string of the molecule is CCOCCn1c(=NC(=O)c2cccc(S(C)(=O)=O)c2)sc2cc(F)ccc21. The van der Waals surface area contributed by atoms with Gasteiger partial charge in [0, 0.05) is 25.0 Å². The Hall–Kier alpha value is -2.36. The van der Waals surface area contributed by atoms with Crippen molar-refractivity contribution in [1.29, 1.82) is 0 Å². The summed E-state index contributed by atoms with van der Waals surface area (Å²) in [5.41, 5.74) is 0.922. The van der Waals surface area contributed by atoms with E-state index in [1.807, 2.05) is 6.92 Å². The van der Waals surface area contributed by atoms with E-state index in [4.69, 9.17) is 4.74 Å². The number of sulfone groups is 1. The topological polar surface area (TPSA) is 77.7 Å². The Bertz CT molecular complexity index is 1200. The zero-order valence-corrected chi connectivity index (χ0v) is 17.0. The molecule has 1 aromatic heterocycles. The summed E-state index contributed by atoms with van der Waals surface area (Å²) >= 11 is 1.19. The Morgan fingerprint density at radius 2 is 2.04 bits per heavy atom. The van der Waals surface area contributed by atoms with E-state index >= 15 is 0 Å². The van der Waals surface area contributed by atoms with Crippen LogP contribution in [0.5, 0.6) is 0 Å². The molecule has 2 aromatic carbocycles. The normalized spacial score (nSPS) is 12.6. The van der Waals surface area contributed by atoms with Crippen LogP contribution in [-0.4, -0.2) is 38.4 Å². The lowest BCUT2D eigenvalue weighted by molar-refractivity contribution is 0.0996. The van der Waals surface area contributed by atoms with Crippen molar-refractivity contribution in [1.82, 2.24) is 4.57 Å². The number of carbonyl (C=O) groups excluding carboxylic acids is 1. The molecule has 0 N–H and O–H groups in total. The summed E-state index contributed by atoms with van der Waals surface area (Å²) in [6, 6.07) is 10.1. The molecule has 28 heavy (non-hydrogen) atoms. The van der Waals surface area contributed by atoms with Gasteiger partial charge in [0.25, 0.3) is 5.91 Å². The van der Waals surface area contributed by atoms with E-state index < -0.39 is 15.7 Å². The van der Waals surface area contributed by atoms with Gasteiger partial charge in [0.05, 0.1) is 21.7 Å². The molecular weight excluding hydrogens is 403 g/mol. The molecule has 0 spiro atoms. The predicted molar refractivity (Wildman–Crippen MR) is 106 cm³/mol. The number of aromatic nitrogens is 1. The quantitative estimate of drug-likeness (QED) is 0.572. The lowest BCUT2D eigenvalue weighted by Crippen LogP contribution is -2.19. The molecule has 6 nitrogen and oxygen atoms in total. The molecule has 0 aliphatic heterocycles. The fourth-order valence-electron chi connectivity index (χ4n) is 2.66. The number of amides is 1. The fourth-order valence-corrected chi connectivity index (χ4v) is 4.41. The molecule has 3 aromatic rings. The zero-order chi connectivity index (χ0) is 20.3. The number of carbonyl (C=O) groups is 1. The third kappa shape index (κ3) is 4.54. The van der Waals surface area contributed by atoms with Crippen LogP contribution in [0, 0.1) is 5.82 Å². The van der Waals surface area contributed by atoms with Crippen LogP contribution < -0.4 is 4.80 Å². The van der Waals surface area contributed by atoms with Gasteiger partial charge in [-0.2, -0.15) is 4.99 Å². The molecule has 0 saturated heterocycles. The van der Waals surface area contributed by atoms with E-state index in [1.54, 1.807) is 10.6 Å². The van der Waals surface area contributed by atoms with E-state index in [0.717, 1.165) is 11.8 Å². The summed E-state index contributed by atoms with van der Waals surface area (Å²) < 4.78 is 44.9. The monoisotopic (exact) mass is 422 g/mol. The summed E-state index contributed by atoms with van der Waals surface area (Å²) in [6.45, 7) is 3.32. The van der Waals surface area contributed by atoms with Crippen LogP contribution in [0.15, 0.2) is 52.4 Å². The second-order valence-electron chi connectivity index (χ2n) is 6.06. The van der Waals surface area contributed by atoms with Gasteiger partial charge in [-0.05, 0) is 43.3 Å². The average Bonchev–Trinajstić information content (AvgIpc) is 2.97. The van der Waals surface area contributed by atoms with Crippen molar-refractivity contribution in [3.63, 3.8) is 0 Å². The third-order valence-electron chi connectivity index (χ3n) is 4.01. The number of ether oxygens (including phenoxy) is 1. The predicted octanol–water partition coefficient (Wildman–Crippen LogP) is 3.02. The van der Waals surface area contributed by atoms with Crippen LogP contribution in [0.3, 0.4) is 0 Å². The van der Waals surface area contributed by atoms with Crippen molar-refractivity contribution < 1.29 is 22.3 Å². The number of hydrogen-bond donors (Lipinski definition) is 0. The smallest absolute Gasteiger partial charge is 0.279 e. The molecule has 0 saturated carbocycles. The number of fused-ring (bicyclic) bond motifs is 1. The van der Waals surface area contributed by atoms with Crippen molar-refractivity contribution in [2.75, 3.05) is 19.5 Å². The second-order valence-corrected chi connectivity index (χ2v) is 9.09. The Balaban J connectivity index is 2.07. The van der Waals surface area contributed by atoms with Crippen molar-refractivity contribution in [2.24, 2.45) is 4.99 Å². The molecule has 0 atom stereocenters. The fraction of sp³-hybridized carbons (Fsp3) is 0.263. The lowest BCUT2D eigenvalue weighted by Gasteiger charge is -2.05. The van der Waals surface area contributed by atoms with Gasteiger partial charge in [-0.1, -0.05) is 17.4 Å². The first-order valence-corrected chi connectivity index (χ1v) is 11.3. The minimum Gasteiger partial charge on any atom is -0.380 e. The molecule has 9 heteroatoms. The zero-order valence-electron chi connectivity index (χ0n) is 15.4. The molecule has 0 radical (unpaired) electrons. The highest BCUT2D eigenvalue weighted by Gasteiger charge is 2.13. The molecule has 3 rings (SSSR count). The Morgan fingerprint density at radius 1 is 1.25 bits per heavy atom. The van der Waals surface area contributed by atoms with Crippen LogP contribution in [0.1, 0.15) is 17.3 Å². The van der Waals surface area contributed by atoms with E-state index in [2.05, 4.69) is 4.99 Å². The second kappa shape index (κ2) is 8.34. The molecule has 1 amide bonds. The summed E-state index contributed by atoms with van der Waals surface area (Å²) in [5, 5.41) is 0. The molecule has 0 fully saturated rings. The van der Waals surface area contributed by atoms with Gasteiger partial charge in [0.15, 0.2) is 14.6 Å². The molecule has 148 valence electrons. The maximum Gasteiger partial charge on any atom is 0.279 e. The Morgan fingerprint density at radius 3 is 2.75 bits per heavy atom. The molecule has 0 aliphatic carbocycles. The van der Waals surface area contributed by atoms with Gasteiger partial charge >= 0.3 is 0 Å². The standard InChI is InChI=1S/C19H19FN2O4S2/c1-3-26-10-9-22-16-8-7-14(20)12-17(16)27-19(22)21-18(23)13-5-4-6-15(11-13)28(2,24)25/h4-8,11-12H,3,9-10H2,1-2H3. The van der Waals surface area contributed by atoms with Crippen LogP contribution in [0.2, 0.25) is 0 Å². The van der Waals surface area contributed by atoms with Gasteiger partial charge in [-0.25, -0.2) is 12.8 Å². The van der Waals surface area contributed by atoms with Crippen LogP contribution in [0.4, 0.5) is 4.39 Å². The Labute approximate surface area is 165 Å². The molecule has 1 heterocycles. The van der Waals surface area contributed by atoms with Gasteiger partial charge < -0.3 is 9.30 Å². The van der Waals surface area contributed by atoms with E-state index in [9.17, 15) is 17.6 Å². The number of rotatable bonds is 6. The largest absolute Gasteiger partial charge is 0.380 e. The van der Waals surface area contributed by atoms with E-state index in [0.29, 0.717) is 29.3 Å². The van der Waals surface area contributed by atoms with Crippen LogP contribution in [0.25, 0.3) is 10.2 Å². The van der Waals surface area contributed by atoms with E-state index in [-0.39, 0.29) is 16.3 Å². The van der Waals surface area contributed by atoms with Gasteiger partial charge in [-0.15, -0.1) is 0 Å². The summed E-state index contributed by atoms with van der Waals surface area (Å²) in [4.78, 5) is 17.3. The average molecular weight is 423 g/mol. The lowest BCUT2D eigenvalue weighted by atomic mass is 10.2. The van der Waals surface area contributed by atoms with Crippen LogP contribution in [-0.2, 0) is 21.1 Å². The highest BCUT2D eigenvalue weighted by atomic mass is 32.2. The first kappa shape index (κ1) is 20.4. The van der Waals surface area contributed by atoms with Gasteiger partial charge in [0.1, 0.15) is 5.82 Å². The number of benzene rings is 2. The third-order valence-corrected chi connectivity index (χ3v) is 6.17. The van der Waals surface area contributed by atoms with Crippen molar-refractivity contribution in [2.45, 2.75) is 18.4 Å². The highest BCUT2D eigenvalue weighted by Crippen LogP contribution is 2.19.